The minimum Gasteiger partial charge on any atom is -0.423 e. The Balaban J connectivity index is 1.58. The highest BCUT2D eigenvalue weighted by molar-refractivity contribution is 7.97. The van der Waals surface area contributed by atoms with E-state index < -0.39 is 0 Å². The molecule has 3 heterocycles. The lowest BCUT2D eigenvalue weighted by molar-refractivity contribution is 0.559. The van der Waals surface area contributed by atoms with Crippen molar-refractivity contribution in [3.8, 4) is 0 Å². The number of hydrogen-bond acceptors (Lipinski definition) is 6. The van der Waals surface area contributed by atoms with E-state index in [-0.39, 0.29) is 11.2 Å². The Morgan fingerprint density at radius 2 is 2.00 bits per heavy atom. The predicted octanol–water partition coefficient (Wildman–Crippen LogP) is 4.70. The van der Waals surface area contributed by atoms with Crippen LogP contribution in [0.2, 0.25) is 0 Å². The standard InChI is InChI=1S/C21H20N2O3S2/c1-4-13-5-6-15-14(8-18(24)26-16(15)7-13)9-27-10-17-22-20(25)19-11(2)12(3)28-21(19)23-17/h5-8H,4,9-10H2,1-3H3,(H,22,23,25). The van der Waals surface area contributed by atoms with Crippen LogP contribution in [0.15, 0.2) is 38.3 Å². The molecular weight excluding hydrogens is 392 g/mol. The van der Waals surface area contributed by atoms with Gasteiger partial charge in [-0.15, -0.1) is 23.1 Å². The molecule has 3 aromatic heterocycles. The zero-order valence-electron chi connectivity index (χ0n) is 15.9. The first-order valence-corrected chi connectivity index (χ1v) is 11.1. The van der Waals surface area contributed by atoms with E-state index in [0.717, 1.165) is 38.2 Å². The van der Waals surface area contributed by atoms with Crippen LogP contribution in [0.3, 0.4) is 0 Å². The van der Waals surface area contributed by atoms with Crippen molar-refractivity contribution in [2.24, 2.45) is 0 Å². The molecule has 0 radical (unpaired) electrons. The fraction of sp³-hybridized carbons (Fsp3) is 0.286. The van der Waals surface area contributed by atoms with Gasteiger partial charge in [0, 0.05) is 22.1 Å². The number of thioether (sulfide) groups is 1. The molecule has 0 bridgehead atoms. The molecule has 0 fully saturated rings. The maximum Gasteiger partial charge on any atom is 0.336 e. The maximum atomic E-state index is 12.4. The second kappa shape index (κ2) is 7.56. The summed E-state index contributed by atoms with van der Waals surface area (Å²) in [5.41, 5.74) is 3.28. The highest BCUT2D eigenvalue weighted by Gasteiger charge is 2.12. The smallest absolute Gasteiger partial charge is 0.336 e. The first kappa shape index (κ1) is 19.0. The van der Waals surface area contributed by atoms with Gasteiger partial charge in [-0.3, -0.25) is 4.79 Å². The second-order valence-electron chi connectivity index (χ2n) is 6.74. The molecule has 28 heavy (non-hydrogen) atoms. The fourth-order valence-electron chi connectivity index (χ4n) is 3.24. The number of hydrogen-bond donors (Lipinski definition) is 1. The van der Waals surface area contributed by atoms with Crippen LogP contribution in [0.5, 0.6) is 0 Å². The van der Waals surface area contributed by atoms with E-state index in [4.69, 9.17) is 4.42 Å². The van der Waals surface area contributed by atoms with Crippen LogP contribution in [0.4, 0.5) is 0 Å². The number of nitrogens with one attached hydrogen (secondary N) is 1. The molecule has 7 heteroatoms. The average Bonchev–Trinajstić information content (AvgIpc) is 2.95. The van der Waals surface area contributed by atoms with Gasteiger partial charge < -0.3 is 9.40 Å². The van der Waals surface area contributed by atoms with Crippen LogP contribution >= 0.6 is 23.1 Å². The first-order valence-electron chi connectivity index (χ1n) is 9.08. The first-order chi connectivity index (χ1) is 13.5. The van der Waals surface area contributed by atoms with Gasteiger partial charge in [0.05, 0.1) is 11.1 Å². The third kappa shape index (κ3) is 3.52. The van der Waals surface area contributed by atoms with Crippen molar-refractivity contribution in [3.63, 3.8) is 0 Å². The van der Waals surface area contributed by atoms with E-state index in [2.05, 4.69) is 23.0 Å². The molecule has 0 unspecified atom stereocenters. The van der Waals surface area contributed by atoms with Crippen LogP contribution < -0.4 is 11.2 Å². The van der Waals surface area contributed by atoms with Crippen molar-refractivity contribution in [2.45, 2.75) is 38.7 Å². The highest BCUT2D eigenvalue weighted by Crippen LogP contribution is 2.27. The summed E-state index contributed by atoms with van der Waals surface area (Å²) in [6, 6.07) is 7.55. The zero-order valence-corrected chi connectivity index (χ0v) is 17.6. The molecule has 144 valence electrons. The summed E-state index contributed by atoms with van der Waals surface area (Å²) in [7, 11) is 0. The Bertz CT molecular complexity index is 1300. The Morgan fingerprint density at radius 3 is 2.79 bits per heavy atom. The molecular formula is C21H20N2O3S2. The van der Waals surface area contributed by atoms with E-state index in [1.54, 1.807) is 29.2 Å². The van der Waals surface area contributed by atoms with Gasteiger partial charge in [-0.1, -0.05) is 19.1 Å². The number of aryl methyl sites for hydroxylation is 3. The van der Waals surface area contributed by atoms with Gasteiger partial charge >= 0.3 is 5.63 Å². The van der Waals surface area contributed by atoms with Crippen LogP contribution in [-0.4, -0.2) is 9.97 Å². The van der Waals surface area contributed by atoms with Crippen LogP contribution in [-0.2, 0) is 17.9 Å². The van der Waals surface area contributed by atoms with Crippen molar-refractivity contribution in [3.05, 3.63) is 72.4 Å². The monoisotopic (exact) mass is 412 g/mol. The number of rotatable bonds is 5. The molecule has 4 rings (SSSR count). The van der Waals surface area contributed by atoms with Gasteiger partial charge in [0.2, 0.25) is 0 Å². The van der Waals surface area contributed by atoms with Gasteiger partial charge in [-0.25, -0.2) is 9.78 Å². The summed E-state index contributed by atoms with van der Waals surface area (Å²) in [4.78, 5) is 33.7. The molecule has 0 amide bonds. The average molecular weight is 413 g/mol. The summed E-state index contributed by atoms with van der Waals surface area (Å²) in [5.74, 6) is 1.86. The maximum absolute atomic E-state index is 12.4. The van der Waals surface area contributed by atoms with Crippen LogP contribution in [0, 0.1) is 13.8 Å². The third-order valence-electron chi connectivity index (χ3n) is 4.89. The highest BCUT2D eigenvalue weighted by atomic mass is 32.2. The molecule has 0 aliphatic heterocycles. The Morgan fingerprint density at radius 1 is 1.18 bits per heavy atom. The Kier molecular flexibility index (Phi) is 5.12. The lowest BCUT2D eigenvalue weighted by atomic mass is 10.1. The molecule has 0 aliphatic carbocycles. The summed E-state index contributed by atoms with van der Waals surface area (Å²) in [6.07, 6.45) is 0.891. The number of thiophene rings is 1. The van der Waals surface area contributed by atoms with E-state index in [1.165, 1.54) is 0 Å². The van der Waals surface area contributed by atoms with E-state index in [9.17, 15) is 9.59 Å². The Hall–Kier alpha value is -2.38. The topological polar surface area (TPSA) is 76.0 Å². The molecule has 0 saturated heterocycles. The predicted molar refractivity (Wildman–Crippen MR) is 117 cm³/mol. The largest absolute Gasteiger partial charge is 0.423 e. The zero-order chi connectivity index (χ0) is 19.8. The summed E-state index contributed by atoms with van der Waals surface area (Å²) in [5, 5.41) is 1.64. The molecule has 0 aliphatic rings. The third-order valence-corrected chi connectivity index (χ3v) is 6.98. The molecule has 0 spiro atoms. The van der Waals surface area contributed by atoms with Crippen molar-refractivity contribution in [2.75, 3.05) is 0 Å². The number of aromatic nitrogens is 2. The molecule has 0 saturated carbocycles. The Labute approximate surface area is 169 Å². The van der Waals surface area contributed by atoms with Crippen molar-refractivity contribution >= 4 is 44.3 Å². The van der Waals surface area contributed by atoms with Gasteiger partial charge in [0.15, 0.2) is 0 Å². The van der Waals surface area contributed by atoms with Gasteiger partial charge in [0.1, 0.15) is 16.2 Å². The summed E-state index contributed by atoms with van der Waals surface area (Å²) in [6.45, 7) is 6.03. The number of aromatic amines is 1. The molecule has 1 N–H and O–H groups in total. The second-order valence-corrected chi connectivity index (χ2v) is 8.93. The number of nitrogens with zero attached hydrogens (tertiary/aromatic N) is 1. The van der Waals surface area contributed by atoms with Gasteiger partial charge in [0.25, 0.3) is 5.56 Å². The molecule has 5 nitrogen and oxygen atoms in total. The quantitative estimate of drug-likeness (QED) is 0.481. The fourth-order valence-corrected chi connectivity index (χ4v) is 5.18. The van der Waals surface area contributed by atoms with Crippen molar-refractivity contribution in [1.82, 2.24) is 9.97 Å². The lowest BCUT2D eigenvalue weighted by Crippen LogP contribution is -2.11. The van der Waals surface area contributed by atoms with Gasteiger partial charge in [-0.05, 0) is 43.0 Å². The van der Waals surface area contributed by atoms with E-state index in [0.29, 0.717) is 28.3 Å². The number of H-pyrrole nitrogens is 1. The van der Waals surface area contributed by atoms with E-state index in [1.807, 2.05) is 26.0 Å². The van der Waals surface area contributed by atoms with Crippen molar-refractivity contribution in [1.29, 1.82) is 0 Å². The van der Waals surface area contributed by atoms with Crippen LogP contribution in [0.1, 0.15) is 34.3 Å². The molecule has 1 aromatic carbocycles. The minimum atomic E-state index is -0.339. The number of benzene rings is 1. The van der Waals surface area contributed by atoms with Crippen LogP contribution in [0.25, 0.3) is 21.2 Å². The number of fused-ring (bicyclic) bond motifs is 2. The van der Waals surface area contributed by atoms with E-state index >= 15 is 0 Å². The van der Waals surface area contributed by atoms with Crippen molar-refractivity contribution < 1.29 is 4.42 Å². The lowest BCUT2D eigenvalue weighted by Gasteiger charge is -2.07. The normalized spacial score (nSPS) is 11.5. The summed E-state index contributed by atoms with van der Waals surface area (Å²) < 4.78 is 5.36. The van der Waals surface area contributed by atoms with Gasteiger partial charge in [-0.2, -0.15) is 0 Å². The minimum absolute atomic E-state index is 0.0830. The molecule has 4 aromatic rings. The SMILES string of the molecule is CCc1ccc2c(CSCc3nc4sc(C)c(C)c4c(=O)[nH]3)cc(=O)oc2c1. The summed E-state index contributed by atoms with van der Waals surface area (Å²) >= 11 is 3.16. The molecule has 0 atom stereocenters.